The molecule has 8 heteroatoms. The number of para-hydroxylation sites is 2. The second-order valence-corrected chi connectivity index (χ2v) is 10.4. The number of carbonyl (C=O) groups excluding carboxylic acids is 1. The number of imidazole rings is 1. The molecule has 1 saturated heterocycles. The van der Waals surface area contributed by atoms with Crippen molar-refractivity contribution in [3.05, 3.63) is 58.1 Å². The van der Waals surface area contributed by atoms with Gasteiger partial charge in [-0.15, -0.1) is 0 Å². The maximum Gasteiger partial charge on any atom is 0.407 e. The van der Waals surface area contributed by atoms with Crippen LogP contribution in [0.3, 0.4) is 0 Å². The molecule has 0 saturated carbocycles. The second kappa shape index (κ2) is 9.82. The number of piperidine rings is 1. The number of anilines is 1. The number of hydrogen-bond donors (Lipinski definition) is 1. The van der Waals surface area contributed by atoms with Crippen molar-refractivity contribution in [1.29, 1.82) is 0 Å². The lowest BCUT2D eigenvalue weighted by molar-refractivity contribution is 0.0517. The van der Waals surface area contributed by atoms with Gasteiger partial charge in [0.2, 0.25) is 5.95 Å². The predicted molar refractivity (Wildman–Crippen MR) is 134 cm³/mol. The Hall–Kier alpha value is -2.44. The van der Waals surface area contributed by atoms with Gasteiger partial charge < -0.3 is 19.5 Å². The molecule has 2 heterocycles. The van der Waals surface area contributed by atoms with Crippen LogP contribution >= 0.6 is 23.2 Å². The molecule has 0 spiro atoms. The van der Waals surface area contributed by atoms with E-state index in [4.69, 9.17) is 32.9 Å². The number of hydrogen-bond acceptors (Lipinski definition) is 4. The molecule has 0 bridgehead atoms. The molecular formula is C25H30Cl2N4O2. The summed E-state index contributed by atoms with van der Waals surface area (Å²) in [7, 11) is 0. The van der Waals surface area contributed by atoms with Crippen LogP contribution in [0.1, 0.15) is 39.2 Å². The molecule has 1 N–H and O–H groups in total. The quantitative estimate of drug-likeness (QED) is 0.468. The molecule has 0 aliphatic carbocycles. The smallest absolute Gasteiger partial charge is 0.407 e. The Morgan fingerprint density at radius 3 is 2.76 bits per heavy atom. The van der Waals surface area contributed by atoms with Crippen LogP contribution in [0, 0.1) is 5.92 Å². The van der Waals surface area contributed by atoms with Crippen molar-refractivity contribution < 1.29 is 9.53 Å². The van der Waals surface area contributed by atoms with E-state index in [0.29, 0.717) is 29.1 Å². The van der Waals surface area contributed by atoms with Gasteiger partial charge in [-0.3, -0.25) is 0 Å². The number of carbonyl (C=O) groups is 1. The van der Waals surface area contributed by atoms with Crippen LogP contribution < -0.4 is 10.2 Å². The van der Waals surface area contributed by atoms with Gasteiger partial charge in [0.05, 0.1) is 17.6 Å². The van der Waals surface area contributed by atoms with Gasteiger partial charge in [-0.05, 0) is 69.4 Å². The van der Waals surface area contributed by atoms with Crippen LogP contribution in [0.25, 0.3) is 11.0 Å². The minimum absolute atomic E-state index is 0.318. The maximum atomic E-state index is 12.1. The van der Waals surface area contributed by atoms with Gasteiger partial charge in [-0.2, -0.15) is 0 Å². The Morgan fingerprint density at radius 2 is 2.00 bits per heavy atom. The summed E-state index contributed by atoms with van der Waals surface area (Å²) in [5.41, 5.74) is 2.50. The summed E-state index contributed by atoms with van der Waals surface area (Å²) < 4.78 is 7.60. The van der Waals surface area contributed by atoms with Gasteiger partial charge in [0, 0.05) is 29.7 Å². The zero-order valence-electron chi connectivity index (χ0n) is 19.3. The standard InChI is InChI=1S/C25H30Cl2N4O2/c1-25(2,3)33-24(32)28-14-17-7-6-12-30(15-17)23-29-21-8-4-5-9-22(21)31(23)16-18-10-11-19(26)13-20(18)27/h4-5,8-11,13,17H,6-7,12,14-16H2,1-3H3,(H,28,32). The largest absolute Gasteiger partial charge is 0.444 e. The molecule has 0 radical (unpaired) electrons. The minimum atomic E-state index is -0.503. The summed E-state index contributed by atoms with van der Waals surface area (Å²) in [6.07, 6.45) is 1.71. The third-order valence-corrected chi connectivity index (χ3v) is 6.30. The fourth-order valence-corrected chi connectivity index (χ4v) is 4.70. The Kier molecular flexibility index (Phi) is 7.05. The molecular weight excluding hydrogens is 459 g/mol. The highest BCUT2D eigenvalue weighted by Crippen LogP contribution is 2.30. The van der Waals surface area contributed by atoms with Gasteiger partial charge in [0.25, 0.3) is 0 Å². The Morgan fingerprint density at radius 1 is 1.21 bits per heavy atom. The fourth-order valence-electron chi connectivity index (χ4n) is 4.24. The van der Waals surface area contributed by atoms with Crippen molar-refractivity contribution in [2.75, 3.05) is 24.5 Å². The predicted octanol–water partition coefficient (Wildman–Crippen LogP) is 6.13. The number of halogens is 2. The summed E-state index contributed by atoms with van der Waals surface area (Å²) in [6.45, 7) is 8.51. The van der Waals surface area contributed by atoms with Crippen LogP contribution in [0.5, 0.6) is 0 Å². The molecule has 1 unspecified atom stereocenters. The molecule has 4 rings (SSSR count). The van der Waals surface area contributed by atoms with E-state index in [1.165, 1.54) is 0 Å². The van der Waals surface area contributed by atoms with Crippen LogP contribution in [0.4, 0.5) is 10.7 Å². The van der Waals surface area contributed by atoms with E-state index in [1.54, 1.807) is 6.07 Å². The number of ether oxygens (including phenoxy) is 1. The fraction of sp³-hybridized carbons (Fsp3) is 0.440. The number of nitrogens with one attached hydrogen (secondary N) is 1. The average molecular weight is 489 g/mol. The summed E-state index contributed by atoms with van der Waals surface area (Å²) >= 11 is 12.6. The molecule has 1 fully saturated rings. The number of amides is 1. The lowest BCUT2D eigenvalue weighted by Crippen LogP contribution is -2.43. The number of nitrogens with zero attached hydrogens (tertiary/aromatic N) is 3. The first-order chi connectivity index (χ1) is 15.7. The lowest BCUT2D eigenvalue weighted by Gasteiger charge is -2.34. The van der Waals surface area contributed by atoms with E-state index in [1.807, 2.05) is 51.1 Å². The SMILES string of the molecule is CC(C)(C)OC(=O)NCC1CCCN(c2nc3ccccc3n2Cc2ccc(Cl)cc2Cl)C1. The van der Waals surface area contributed by atoms with Crippen molar-refractivity contribution in [2.24, 2.45) is 5.92 Å². The number of alkyl carbamates (subject to hydrolysis) is 1. The average Bonchev–Trinajstić information content (AvgIpc) is 3.12. The lowest BCUT2D eigenvalue weighted by atomic mass is 9.98. The van der Waals surface area contributed by atoms with Gasteiger partial charge in [-0.1, -0.05) is 41.4 Å². The molecule has 2 aromatic carbocycles. The molecule has 176 valence electrons. The summed E-state index contributed by atoms with van der Waals surface area (Å²) in [6, 6.07) is 13.7. The topological polar surface area (TPSA) is 59.4 Å². The van der Waals surface area contributed by atoms with Crippen molar-refractivity contribution in [3.8, 4) is 0 Å². The number of benzene rings is 2. The zero-order valence-corrected chi connectivity index (χ0v) is 20.8. The molecule has 1 aliphatic heterocycles. The normalized spacial score (nSPS) is 16.8. The highest BCUT2D eigenvalue weighted by molar-refractivity contribution is 6.35. The molecule has 6 nitrogen and oxygen atoms in total. The molecule has 1 amide bonds. The van der Waals surface area contributed by atoms with E-state index in [-0.39, 0.29) is 6.09 Å². The first-order valence-electron chi connectivity index (χ1n) is 11.3. The monoisotopic (exact) mass is 488 g/mol. The maximum absolute atomic E-state index is 12.1. The highest BCUT2D eigenvalue weighted by Gasteiger charge is 2.26. The molecule has 1 aromatic heterocycles. The first-order valence-corrected chi connectivity index (χ1v) is 12.1. The van der Waals surface area contributed by atoms with E-state index >= 15 is 0 Å². The van der Waals surface area contributed by atoms with Gasteiger partial charge in [0.15, 0.2) is 0 Å². The van der Waals surface area contributed by atoms with Gasteiger partial charge in [0.1, 0.15) is 5.60 Å². The van der Waals surface area contributed by atoms with Crippen molar-refractivity contribution in [1.82, 2.24) is 14.9 Å². The second-order valence-electron chi connectivity index (χ2n) is 9.56. The van der Waals surface area contributed by atoms with Crippen LogP contribution in [-0.4, -0.2) is 40.9 Å². The third kappa shape index (κ3) is 5.92. The van der Waals surface area contributed by atoms with Gasteiger partial charge in [-0.25, -0.2) is 9.78 Å². The summed E-state index contributed by atoms with van der Waals surface area (Å²) in [4.78, 5) is 19.4. The highest BCUT2D eigenvalue weighted by atomic mass is 35.5. The number of rotatable bonds is 5. The van der Waals surface area contributed by atoms with Crippen LogP contribution in [-0.2, 0) is 11.3 Å². The van der Waals surface area contributed by atoms with E-state index in [9.17, 15) is 4.79 Å². The summed E-state index contributed by atoms with van der Waals surface area (Å²) in [5, 5.41) is 4.19. The van der Waals surface area contributed by atoms with E-state index in [2.05, 4.69) is 20.9 Å². The number of aromatic nitrogens is 2. The van der Waals surface area contributed by atoms with E-state index in [0.717, 1.165) is 48.5 Å². The van der Waals surface area contributed by atoms with E-state index < -0.39 is 5.60 Å². The molecule has 1 atom stereocenters. The third-order valence-electron chi connectivity index (χ3n) is 5.71. The minimum Gasteiger partial charge on any atom is -0.444 e. The first kappa shape index (κ1) is 23.7. The van der Waals surface area contributed by atoms with Crippen molar-refractivity contribution in [2.45, 2.75) is 45.8 Å². The Labute approximate surface area is 204 Å². The summed E-state index contributed by atoms with van der Waals surface area (Å²) in [5.74, 6) is 1.24. The van der Waals surface area contributed by atoms with Crippen molar-refractivity contribution in [3.63, 3.8) is 0 Å². The Balaban J connectivity index is 1.55. The van der Waals surface area contributed by atoms with Crippen LogP contribution in [0.2, 0.25) is 10.0 Å². The molecule has 3 aromatic rings. The Bertz CT molecular complexity index is 1140. The van der Waals surface area contributed by atoms with Crippen LogP contribution in [0.15, 0.2) is 42.5 Å². The molecule has 1 aliphatic rings. The van der Waals surface area contributed by atoms with Crippen molar-refractivity contribution >= 4 is 46.3 Å². The zero-order chi connectivity index (χ0) is 23.6. The number of fused-ring (bicyclic) bond motifs is 1. The van der Waals surface area contributed by atoms with Gasteiger partial charge >= 0.3 is 6.09 Å². The molecule has 33 heavy (non-hydrogen) atoms.